The number of nitrogens with zero attached hydrogens (tertiary/aromatic N) is 2. The molecule has 1 aromatic heterocycles. The van der Waals surface area contributed by atoms with Crippen LogP contribution < -0.4 is 5.32 Å². The highest BCUT2D eigenvalue weighted by Crippen LogP contribution is 2.48. The van der Waals surface area contributed by atoms with Crippen LogP contribution in [0, 0.1) is 24.7 Å². The van der Waals surface area contributed by atoms with Crippen LogP contribution in [0.2, 0.25) is 0 Å². The Hall–Kier alpha value is -0.830. The average Bonchev–Trinajstić information content (AvgIpc) is 3.01. The predicted octanol–water partition coefficient (Wildman–Crippen LogP) is 2.82. The lowest BCUT2D eigenvalue weighted by Crippen LogP contribution is -2.28. The summed E-state index contributed by atoms with van der Waals surface area (Å²) in [4.78, 5) is 0. The largest absolute Gasteiger partial charge is 0.310 e. The van der Waals surface area contributed by atoms with Crippen LogP contribution in [-0.4, -0.2) is 16.3 Å². The maximum atomic E-state index is 4.43. The van der Waals surface area contributed by atoms with Crippen LogP contribution in [0.1, 0.15) is 49.9 Å². The standard InChI is InChI=1S/C15H25N3/c1-10(15-9-18(3)17-11(15)2)16-8-14-7-12-4-5-13(14)6-12/h9-10,12-14,16H,4-8H2,1-3H3. The molecule has 1 N–H and O–H groups in total. The van der Waals surface area contributed by atoms with E-state index in [2.05, 4.69) is 30.5 Å². The van der Waals surface area contributed by atoms with Gasteiger partial charge in [-0.1, -0.05) is 6.42 Å². The van der Waals surface area contributed by atoms with Crippen molar-refractivity contribution in [1.29, 1.82) is 0 Å². The first-order chi connectivity index (χ1) is 8.63. The van der Waals surface area contributed by atoms with Crippen molar-refractivity contribution in [2.75, 3.05) is 6.54 Å². The van der Waals surface area contributed by atoms with Crippen LogP contribution in [-0.2, 0) is 7.05 Å². The molecule has 100 valence electrons. The van der Waals surface area contributed by atoms with Gasteiger partial charge in [0.2, 0.25) is 0 Å². The van der Waals surface area contributed by atoms with E-state index in [1.165, 1.54) is 37.8 Å². The molecular weight excluding hydrogens is 222 g/mol. The zero-order valence-electron chi connectivity index (χ0n) is 11.8. The van der Waals surface area contributed by atoms with Gasteiger partial charge in [0.05, 0.1) is 5.69 Å². The lowest BCUT2D eigenvalue weighted by atomic mass is 9.88. The second-order valence-corrected chi connectivity index (χ2v) is 6.41. The third-order valence-corrected chi connectivity index (χ3v) is 5.09. The summed E-state index contributed by atoms with van der Waals surface area (Å²) < 4.78 is 1.92. The van der Waals surface area contributed by atoms with Gasteiger partial charge in [0, 0.05) is 24.8 Å². The molecule has 0 amide bonds. The van der Waals surface area contributed by atoms with Crippen LogP contribution in [0.5, 0.6) is 0 Å². The van der Waals surface area contributed by atoms with Gasteiger partial charge in [-0.3, -0.25) is 4.68 Å². The molecule has 3 heteroatoms. The van der Waals surface area contributed by atoms with Crippen LogP contribution >= 0.6 is 0 Å². The minimum atomic E-state index is 0.429. The number of nitrogens with one attached hydrogen (secondary N) is 1. The highest BCUT2D eigenvalue weighted by atomic mass is 15.3. The summed E-state index contributed by atoms with van der Waals surface area (Å²) in [6, 6.07) is 0.429. The van der Waals surface area contributed by atoms with E-state index in [0.717, 1.165) is 23.4 Å². The van der Waals surface area contributed by atoms with E-state index in [0.29, 0.717) is 6.04 Å². The lowest BCUT2D eigenvalue weighted by molar-refractivity contribution is 0.309. The first-order valence-electron chi connectivity index (χ1n) is 7.37. The predicted molar refractivity (Wildman–Crippen MR) is 73.3 cm³/mol. The molecule has 1 aromatic rings. The molecule has 4 unspecified atom stereocenters. The van der Waals surface area contributed by atoms with Crippen molar-refractivity contribution in [1.82, 2.24) is 15.1 Å². The summed E-state index contributed by atoms with van der Waals surface area (Å²) in [5, 5.41) is 8.15. The number of aromatic nitrogens is 2. The van der Waals surface area contributed by atoms with Crippen molar-refractivity contribution in [2.24, 2.45) is 24.8 Å². The molecule has 0 spiro atoms. The maximum absolute atomic E-state index is 4.43. The van der Waals surface area contributed by atoms with Gasteiger partial charge in [-0.2, -0.15) is 5.10 Å². The van der Waals surface area contributed by atoms with Crippen LogP contribution in [0.4, 0.5) is 0 Å². The monoisotopic (exact) mass is 247 g/mol. The normalized spacial score (nSPS) is 32.1. The molecule has 18 heavy (non-hydrogen) atoms. The summed E-state index contributed by atoms with van der Waals surface area (Å²) in [5.41, 5.74) is 2.51. The second kappa shape index (κ2) is 4.69. The van der Waals surface area contributed by atoms with Crippen molar-refractivity contribution in [3.8, 4) is 0 Å². The molecular formula is C15H25N3. The number of rotatable bonds is 4. The smallest absolute Gasteiger partial charge is 0.0641 e. The van der Waals surface area contributed by atoms with E-state index in [1.807, 2.05) is 11.7 Å². The zero-order chi connectivity index (χ0) is 12.7. The van der Waals surface area contributed by atoms with E-state index in [-0.39, 0.29) is 0 Å². The Kier molecular flexibility index (Phi) is 3.18. The van der Waals surface area contributed by atoms with Gasteiger partial charge in [-0.25, -0.2) is 0 Å². The molecule has 2 saturated carbocycles. The first kappa shape index (κ1) is 12.2. The zero-order valence-corrected chi connectivity index (χ0v) is 11.8. The van der Waals surface area contributed by atoms with Gasteiger partial charge in [-0.05, 0) is 57.4 Å². The molecule has 0 aliphatic heterocycles. The van der Waals surface area contributed by atoms with Crippen LogP contribution in [0.15, 0.2) is 6.20 Å². The summed E-state index contributed by atoms with van der Waals surface area (Å²) in [6.07, 6.45) is 8.10. The Labute approximate surface area is 110 Å². The number of fused-ring (bicyclic) bond motifs is 2. The molecule has 2 fully saturated rings. The van der Waals surface area contributed by atoms with E-state index in [4.69, 9.17) is 0 Å². The van der Waals surface area contributed by atoms with Crippen LogP contribution in [0.25, 0.3) is 0 Å². The highest BCUT2D eigenvalue weighted by Gasteiger charge is 2.39. The lowest BCUT2D eigenvalue weighted by Gasteiger charge is -2.24. The minimum absolute atomic E-state index is 0.429. The summed E-state index contributed by atoms with van der Waals surface area (Å²) in [6.45, 7) is 5.55. The minimum Gasteiger partial charge on any atom is -0.310 e. The highest BCUT2D eigenvalue weighted by molar-refractivity contribution is 5.19. The molecule has 2 aliphatic rings. The SMILES string of the molecule is Cc1nn(C)cc1C(C)NCC1CC2CCC1C2. The Morgan fingerprint density at radius 2 is 2.28 bits per heavy atom. The molecule has 3 rings (SSSR count). The quantitative estimate of drug-likeness (QED) is 0.886. The van der Waals surface area contributed by atoms with Gasteiger partial charge < -0.3 is 5.32 Å². The second-order valence-electron chi connectivity index (χ2n) is 6.41. The van der Waals surface area contributed by atoms with Crippen molar-refractivity contribution < 1.29 is 0 Å². The molecule has 3 nitrogen and oxygen atoms in total. The van der Waals surface area contributed by atoms with Crippen molar-refractivity contribution >= 4 is 0 Å². The molecule has 0 saturated heterocycles. The van der Waals surface area contributed by atoms with Gasteiger partial charge in [-0.15, -0.1) is 0 Å². The van der Waals surface area contributed by atoms with E-state index in [9.17, 15) is 0 Å². The molecule has 4 atom stereocenters. The Morgan fingerprint density at radius 3 is 2.83 bits per heavy atom. The maximum Gasteiger partial charge on any atom is 0.0641 e. The number of hydrogen-bond donors (Lipinski definition) is 1. The van der Waals surface area contributed by atoms with E-state index < -0.39 is 0 Å². The molecule has 1 heterocycles. The fraction of sp³-hybridized carbons (Fsp3) is 0.800. The molecule has 2 aliphatic carbocycles. The molecule has 0 radical (unpaired) electrons. The topological polar surface area (TPSA) is 29.9 Å². The Balaban J connectivity index is 1.55. The molecule has 2 bridgehead atoms. The fourth-order valence-electron chi connectivity index (χ4n) is 4.11. The average molecular weight is 247 g/mol. The van der Waals surface area contributed by atoms with Gasteiger partial charge in [0.1, 0.15) is 0 Å². The summed E-state index contributed by atoms with van der Waals surface area (Å²) in [7, 11) is 2.00. The fourth-order valence-corrected chi connectivity index (χ4v) is 4.11. The van der Waals surface area contributed by atoms with Gasteiger partial charge >= 0.3 is 0 Å². The van der Waals surface area contributed by atoms with Crippen LogP contribution in [0.3, 0.4) is 0 Å². The van der Waals surface area contributed by atoms with E-state index >= 15 is 0 Å². The first-order valence-corrected chi connectivity index (χ1v) is 7.37. The molecule has 0 aromatic carbocycles. The third kappa shape index (κ3) is 2.20. The van der Waals surface area contributed by atoms with Gasteiger partial charge in [0.15, 0.2) is 0 Å². The van der Waals surface area contributed by atoms with Crippen molar-refractivity contribution in [2.45, 2.75) is 45.6 Å². The van der Waals surface area contributed by atoms with E-state index in [1.54, 1.807) is 0 Å². The number of hydrogen-bond acceptors (Lipinski definition) is 2. The summed E-state index contributed by atoms with van der Waals surface area (Å²) in [5.74, 6) is 3.00. The van der Waals surface area contributed by atoms with Crippen molar-refractivity contribution in [3.63, 3.8) is 0 Å². The Bertz CT molecular complexity index is 423. The summed E-state index contributed by atoms with van der Waals surface area (Å²) >= 11 is 0. The third-order valence-electron chi connectivity index (χ3n) is 5.09. The number of aryl methyl sites for hydroxylation is 2. The van der Waals surface area contributed by atoms with Crippen molar-refractivity contribution in [3.05, 3.63) is 17.5 Å². The Morgan fingerprint density at radius 1 is 1.44 bits per heavy atom. The van der Waals surface area contributed by atoms with Gasteiger partial charge in [0.25, 0.3) is 0 Å².